The van der Waals surface area contributed by atoms with Crippen molar-refractivity contribution in [1.29, 1.82) is 0 Å². The Hall–Kier alpha value is -0.573. The summed E-state index contributed by atoms with van der Waals surface area (Å²) in [7, 11) is -1.52. The lowest BCUT2D eigenvalue weighted by Crippen LogP contribution is -2.30. The molecule has 0 aliphatic rings. The third-order valence-electron chi connectivity index (χ3n) is 1.71. The Labute approximate surface area is 82.0 Å². The first-order valence-electron chi connectivity index (χ1n) is 4.81. The van der Waals surface area contributed by atoms with Crippen molar-refractivity contribution in [2.45, 2.75) is 39.9 Å². The molecule has 0 bridgehead atoms. The fraction of sp³-hybridized carbons (Fsp3) is 0.700. The van der Waals surface area contributed by atoms with E-state index in [9.17, 15) is 4.79 Å². The highest BCUT2D eigenvalue weighted by molar-refractivity contribution is 6.87. The van der Waals surface area contributed by atoms with E-state index in [1.54, 1.807) is 0 Å². The predicted molar refractivity (Wildman–Crippen MR) is 58.4 cm³/mol. The second-order valence-electron chi connectivity index (χ2n) is 4.00. The summed E-state index contributed by atoms with van der Waals surface area (Å²) in [6, 6.07) is 0. The van der Waals surface area contributed by atoms with Crippen molar-refractivity contribution in [2.75, 3.05) is 6.61 Å². The zero-order chi connectivity index (χ0) is 10.5. The Morgan fingerprint density at radius 2 is 1.85 bits per heavy atom. The summed E-state index contributed by atoms with van der Waals surface area (Å²) in [5, 5.41) is 0.914. The lowest BCUT2D eigenvalue weighted by molar-refractivity contribution is -0.137. The number of rotatable bonds is 4. The lowest BCUT2D eigenvalue weighted by Gasteiger charge is -2.19. The van der Waals surface area contributed by atoms with Crippen molar-refractivity contribution in [2.24, 2.45) is 0 Å². The van der Waals surface area contributed by atoms with Gasteiger partial charge in [-0.25, -0.2) is 4.79 Å². The fourth-order valence-electron chi connectivity index (χ4n) is 1.11. The normalized spacial score (nSPS) is 12.8. The number of hydrogen-bond acceptors (Lipinski definition) is 2. The van der Waals surface area contributed by atoms with E-state index >= 15 is 0 Å². The largest absolute Gasteiger partial charge is 0.463 e. The lowest BCUT2D eigenvalue weighted by atomic mass is 10.4. The predicted octanol–water partition coefficient (Wildman–Crippen LogP) is 2.76. The highest BCUT2D eigenvalue weighted by Gasteiger charge is 2.26. The van der Waals surface area contributed by atoms with E-state index in [0.717, 1.165) is 11.6 Å². The van der Waals surface area contributed by atoms with Gasteiger partial charge in [-0.05, 0) is 13.3 Å². The van der Waals surface area contributed by atoms with Gasteiger partial charge in [-0.2, -0.15) is 0 Å². The molecule has 0 aliphatic carbocycles. The second kappa shape index (κ2) is 5.22. The quantitative estimate of drug-likeness (QED) is 0.396. The molecule has 0 amide bonds. The zero-order valence-electron chi connectivity index (χ0n) is 9.31. The smallest absolute Gasteiger partial charge is 0.329 e. The van der Waals surface area contributed by atoms with Gasteiger partial charge in [0.25, 0.3) is 0 Å². The van der Waals surface area contributed by atoms with E-state index < -0.39 is 8.07 Å². The van der Waals surface area contributed by atoms with E-state index in [1.165, 1.54) is 0 Å². The van der Waals surface area contributed by atoms with Gasteiger partial charge in [0.1, 0.15) is 0 Å². The molecular weight excluding hydrogens is 180 g/mol. The molecule has 0 rings (SSSR count). The maximum absolute atomic E-state index is 11.5. The minimum atomic E-state index is -1.52. The zero-order valence-corrected chi connectivity index (χ0v) is 10.3. The van der Waals surface area contributed by atoms with Crippen LogP contribution >= 0.6 is 0 Å². The minimum Gasteiger partial charge on any atom is -0.463 e. The maximum atomic E-state index is 11.5. The number of allylic oxidation sites excluding steroid dienone is 1. The molecule has 0 saturated heterocycles. The average molecular weight is 200 g/mol. The van der Waals surface area contributed by atoms with Gasteiger partial charge in [0.2, 0.25) is 0 Å². The molecule has 2 nitrogen and oxygen atoms in total. The number of carbonyl (C=O) groups is 1. The van der Waals surface area contributed by atoms with Crippen molar-refractivity contribution >= 4 is 14.0 Å². The van der Waals surface area contributed by atoms with Gasteiger partial charge in [0.15, 0.2) is 0 Å². The van der Waals surface area contributed by atoms with Gasteiger partial charge in [-0.1, -0.05) is 32.6 Å². The summed E-state index contributed by atoms with van der Waals surface area (Å²) in [5.41, 5.74) is 0. The highest BCUT2D eigenvalue weighted by atomic mass is 28.3. The van der Waals surface area contributed by atoms with Crippen LogP contribution in [-0.4, -0.2) is 20.7 Å². The van der Waals surface area contributed by atoms with Crippen LogP contribution < -0.4 is 0 Å². The summed E-state index contributed by atoms with van der Waals surface area (Å²) >= 11 is 0. The molecule has 0 saturated carbocycles. The van der Waals surface area contributed by atoms with E-state index in [2.05, 4.69) is 19.6 Å². The molecule has 0 atom stereocenters. The molecule has 0 aromatic heterocycles. The minimum absolute atomic E-state index is 0.122. The third kappa shape index (κ3) is 4.27. The summed E-state index contributed by atoms with van der Waals surface area (Å²) in [6.45, 7) is 10.8. The SMILES string of the molecule is CC/C=C(\C(=O)OCC)[Si](C)(C)C. The van der Waals surface area contributed by atoms with E-state index in [0.29, 0.717) is 6.61 Å². The van der Waals surface area contributed by atoms with Crippen molar-refractivity contribution in [1.82, 2.24) is 0 Å². The Morgan fingerprint density at radius 3 is 2.15 bits per heavy atom. The van der Waals surface area contributed by atoms with Gasteiger partial charge in [-0.3, -0.25) is 0 Å². The molecule has 0 heterocycles. The molecule has 0 aliphatic heterocycles. The van der Waals surface area contributed by atoms with Crippen LogP contribution in [0.2, 0.25) is 19.6 Å². The molecule has 76 valence electrons. The van der Waals surface area contributed by atoms with Gasteiger partial charge >= 0.3 is 5.97 Å². The molecule has 0 aromatic carbocycles. The summed E-state index contributed by atoms with van der Waals surface area (Å²) in [6.07, 6.45) is 2.91. The molecule has 13 heavy (non-hydrogen) atoms. The van der Waals surface area contributed by atoms with E-state index in [-0.39, 0.29) is 5.97 Å². The molecule has 0 aromatic rings. The Kier molecular flexibility index (Phi) is 4.99. The summed E-state index contributed by atoms with van der Waals surface area (Å²) in [4.78, 5) is 11.5. The van der Waals surface area contributed by atoms with Crippen LogP contribution in [-0.2, 0) is 9.53 Å². The Bertz CT molecular complexity index is 201. The monoisotopic (exact) mass is 200 g/mol. The van der Waals surface area contributed by atoms with Crippen LogP contribution in [0, 0.1) is 0 Å². The van der Waals surface area contributed by atoms with Crippen LogP contribution in [0.15, 0.2) is 11.3 Å². The molecule has 3 heteroatoms. The van der Waals surface area contributed by atoms with Crippen LogP contribution in [0.5, 0.6) is 0 Å². The van der Waals surface area contributed by atoms with E-state index in [4.69, 9.17) is 4.74 Å². The fourth-order valence-corrected chi connectivity index (χ4v) is 2.61. The highest BCUT2D eigenvalue weighted by Crippen LogP contribution is 2.16. The maximum Gasteiger partial charge on any atom is 0.329 e. The molecular formula is C10H20O2Si. The molecule has 0 radical (unpaired) electrons. The molecule has 0 unspecified atom stereocenters. The van der Waals surface area contributed by atoms with Gasteiger partial charge in [-0.15, -0.1) is 0 Å². The first kappa shape index (κ1) is 12.4. The van der Waals surface area contributed by atoms with Crippen molar-refractivity contribution in [3.63, 3.8) is 0 Å². The van der Waals surface area contributed by atoms with Crippen LogP contribution in [0.3, 0.4) is 0 Å². The number of hydrogen-bond donors (Lipinski definition) is 0. The Morgan fingerprint density at radius 1 is 1.31 bits per heavy atom. The first-order chi connectivity index (χ1) is 5.93. The van der Waals surface area contributed by atoms with Crippen molar-refractivity contribution in [3.05, 3.63) is 11.3 Å². The van der Waals surface area contributed by atoms with Gasteiger partial charge in [0, 0.05) is 5.20 Å². The van der Waals surface area contributed by atoms with Gasteiger partial charge in [0.05, 0.1) is 14.7 Å². The number of carbonyl (C=O) groups excluding carboxylic acids is 1. The average Bonchev–Trinajstić information content (AvgIpc) is 1.98. The molecule has 0 spiro atoms. The van der Waals surface area contributed by atoms with Crippen LogP contribution in [0.1, 0.15) is 20.3 Å². The van der Waals surface area contributed by atoms with Crippen LogP contribution in [0.25, 0.3) is 0 Å². The number of esters is 1. The third-order valence-corrected chi connectivity index (χ3v) is 3.74. The number of ether oxygens (including phenoxy) is 1. The van der Waals surface area contributed by atoms with Crippen molar-refractivity contribution in [3.8, 4) is 0 Å². The van der Waals surface area contributed by atoms with Crippen molar-refractivity contribution < 1.29 is 9.53 Å². The Balaban J connectivity index is 4.63. The summed E-state index contributed by atoms with van der Waals surface area (Å²) in [5.74, 6) is -0.122. The van der Waals surface area contributed by atoms with E-state index in [1.807, 2.05) is 19.9 Å². The van der Waals surface area contributed by atoms with Crippen LogP contribution in [0.4, 0.5) is 0 Å². The second-order valence-corrected chi connectivity index (χ2v) is 9.04. The molecule has 0 N–H and O–H groups in total. The standard InChI is InChI=1S/C10H20O2Si/c1-6-8-9(13(3,4)5)10(11)12-7-2/h8H,6-7H2,1-5H3/b9-8+. The molecule has 0 fully saturated rings. The topological polar surface area (TPSA) is 26.3 Å². The summed E-state index contributed by atoms with van der Waals surface area (Å²) < 4.78 is 5.01. The first-order valence-corrected chi connectivity index (χ1v) is 8.31. The van der Waals surface area contributed by atoms with Gasteiger partial charge < -0.3 is 4.74 Å².